The number of carbonyl (C=O) groups excluding carboxylic acids is 1. The number of esters is 1. The average Bonchev–Trinajstić information content (AvgIpc) is 2.28. The van der Waals surface area contributed by atoms with Gasteiger partial charge in [0.1, 0.15) is 0 Å². The number of hydrogen-bond acceptors (Lipinski definition) is 2. The first-order valence-electron chi connectivity index (χ1n) is 6.35. The number of fused-ring (bicyclic) bond motifs is 1. The molecule has 4 atom stereocenters. The molecule has 0 aliphatic heterocycles. The molecule has 0 aromatic carbocycles. The molecule has 0 amide bonds. The summed E-state index contributed by atoms with van der Waals surface area (Å²) in [6, 6.07) is 0. The fourth-order valence-electron chi connectivity index (χ4n) is 4.77. The Morgan fingerprint density at radius 1 is 1.33 bits per heavy atom. The summed E-state index contributed by atoms with van der Waals surface area (Å²) in [5, 5.41) is 0. The minimum atomic E-state index is -0.0567. The van der Waals surface area contributed by atoms with Gasteiger partial charge in [0, 0.05) is 0 Å². The second-order valence-corrected chi connectivity index (χ2v) is 5.79. The van der Waals surface area contributed by atoms with Crippen molar-refractivity contribution in [3.63, 3.8) is 0 Å². The van der Waals surface area contributed by atoms with Crippen molar-refractivity contribution in [2.45, 2.75) is 44.9 Å². The van der Waals surface area contributed by atoms with Crippen molar-refractivity contribution in [3.8, 4) is 0 Å². The Balaban J connectivity index is 1.96. The van der Waals surface area contributed by atoms with Crippen molar-refractivity contribution in [1.82, 2.24) is 0 Å². The van der Waals surface area contributed by atoms with Crippen LogP contribution in [0.3, 0.4) is 0 Å². The molecule has 0 heterocycles. The first-order valence-corrected chi connectivity index (χ1v) is 6.35. The Morgan fingerprint density at radius 3 is 2.93 bits per heavy atom. The highest BCUT2D eigenvalue weighted by Gasteiger charge is 2.57. The van der Waals surface area contributed by atoms with E-state index < -0.39 is 0 Å². The van der Waals surface area contributed by atoms with Crippen molar-refractivity contribution >= 4 is 5.97 Å². The number of rotatable bonds is 1. The Kier molecular flexibility index (Phi) is 2.08. The lowest BCUT2D eigenvalue weighted by Gasteiger charge is -2.56. The number of hydrogen-bond donors (Lipinski definition) is 0. The predicted octanol–water partition coefficient (Wildman–Crippen LogP) is 2.77. The lowest BCUT2D eigenvalue weighted by Crippen LogP contribution is -2.53. The van der Waals surface area contributed by atoms with Crippen LogP contribution in [0.4, 0.5) is 0 Å². The maximum absolute atomic E-state index is 12.1. The van der Waals surface area contributed by atoms with Crippen LogP contribution in [0.5, 0.6) is 0 Å². The Hall–Kier alpha value is -0.530. The van der Waals surface area contributed by atoms with Gasteiger partial charge in [-0.2, -0.15) is 0 Å². The molecule has 15 heavy (non-hydrogen) atoms. The molecule has 4 saturated carbocycles. The predicted molar refractivity (Wildman–Crippen MR) is 57.2 cm³/mol. The number of ether oxygens (including phenoxy) is 1. The highest BCUT2D eigenvalue weighted by Crippen LogP contribution is 2.61. The molecular weight excluding hydrogens is 188 g/mol. The molecule has 2 heteroatoms. The van der Waals surface area contributed by atoms with Gasteiger partial charge in [-0.3, -0.25) is 4.79 Å². The molecule has 4 aliphatic carbocycles. The van der Waals surface area contributed by atoms with Crippen LogP contribution in [0.15, 0.2) is 0 Å². The van der Waals surface area contributed by atoms with E-state index in [1.54, 1.807) is 7.11 Å². The zero-order chi connectivity index (χ0) is 10.5. The second-order valence-electron chi connectivity index (χ2n) is 5.79. The van der Waals surface area contributed by atoms with Crippen LogP contribution in [0.2, 0.25) is 0 Å². The second kappa shape index (κ2) is 3.23. The van der Waals surface area contributed by atoms with E-state index in [-0.39, 0.29) is 11.4 Å². The summed E-state index contributed by atoms with van der Waals surface area (Å²) in [5.74, 6) is 2.41. The summed E-state index contributed by atoms with van der Waals surface area (Å²) in [7, 11) is 1.56. The summed E-state index contributed by atoms with van der Waals surface area (Å²) >= 11 is 0. The smallest absolute Gasteiger partial charge is 0.312 e. The molecule has 0 radical (unpaired) electrons. The minimum Gasteiger partial charge on any atom is -0.469 e. The molecule has 4 rings (SSSR count). The Bertz CT molecular complexity index is 286. The van der Waals surface area contributed by atoms with Crippen LogP contribution in [0.1, 0.15) is 44.9 Å². The van der Waals surface area contributed by atoms with Crippen molar-refractivity contribution in [1.29, 1.82) is 0 Å². The normalized spacial score (nSPS) is 47.7. The minimum absolute atomic E-state index is 0.0567. The highest BCUT2D eigenvalue weighted by molar-refractivity contribution is 5.77. The molecular formula is C13H20O2. The van der Waals surface area contributed by atoms with Gasteiger partial charge in [-0.15, -0.1) is 0 Å². The van der Waals surface area contributed by atoms with Crippen LogP contribution in [0.25, 0.3) is 0 Å². The molecule has 4 aliphatic rings. The van der Waals surface area contributed by atoms with Crippen molar-refractivity contribution < 1.29 is 9.53 Å². The van der Waals surface area contributed by atoms with Crippen molar-refractivity contribution in [2.75, 3.05) is 7.11 Å². The van der Waals surface area contributed by atoms with Gasteiger partial charge in [-0.05, 0) is 43.4 Å². The molecule has 0 N–H and O–H groups in total. The van der Waals surface area contributed by atoms with Gasteiger partial charge >= 0.3 is 5.97 Å². The fourth-order valence-corrected chi connectivity index (χ4v) is 4.77. The van der Waals surface area contributed by atoms with E-state index in [9.17, 15) is 4.79 Å². The van der Waals surface area contributed by atoms with E-state index in [1.165, 1.54) is 32.1 Å². The van der Waals surface area contributed by atoms with Crippen LogP contribution in [0, 0.1) is 23.2 Å². The first-order chi connectivity index (χ1) is 7.26. The zero-order valence-electron chi connectivity index (χ0n) is 9.50. The zero-order valence-corrected chi connectivity index (χ0v) is 9.50. The molecule has 0 unspecified atom stereocenters. The van der Waals surface area contributed by atoms with Gasteiger partial charge in [-0.25, -0.2) is 0 Å². The van der Waals surface area contributed by atoms with Crippen molar-refractivity contribution in [3.05, 3.63) is 0 Å². The van der Waals surface area contributed by atoms with E-state index in [0.717, 1.165) is 24.7 Å². The lowest BCUT2D eigenvalue weighted by atomic mass is 9.47. The summed E-state index contributed by atoms with van der Waals surface area (Å²) in [6.07, 6.45) is 8.86. The van der Waals surface area contributed by atoms with E-state index in [1.807, 2.05) is 0 Å². The van der Waals surface area contributed by atoms with Gasteiger partial charge in [0.05, 0.1) is 12.5 Å². The molecule has 0 aromatic rings. The van der Waals surface area contributed by atoms with Crippen LogP contribution in [-0.4, -0.2) is 13.1 Å². The third-order valence-corrected chi connectivity index (χ3v) is 5.24. The number of carbonyl (C=O) groups is 1. The quantitative estimate of drug-likeness (QED) is 0.619. The van der Waals surface area contributed by atoms with Crippen LogP contribution in [-0.2, 0) is 9.53 Å². The van der Waals surface area contributed by atoms with Gasteiger partial charge < -0.3 is 4.74 Å². The summed E-state index contributed by atoms with van der Waals surface area (Å²) in [4.78, 5) is 12.1. The van der Waals surface area contributed by atoms with Gasteiger partial charge in [0.25, 0.3) is 0 Å². The highest BCUT2D eigenvalue weighted by atomic mass is 16.5. The average molecular weight is 208 g/mol. The Morgan fingerprint density at radius 2 is 2.20 bits per heavy atom. The molecule has 84 valence electrons. The van der Waals surface area contributed by atoms with E-state index in [0.29, 0.717) is 5.92 Å². The van der Waals surface area contributed by atoms with Gasteiger partial charge in [0.2, 0.25) is 0 Å². The molecule has 4 fully saturated rings. The fraction of sp³-hybridized carbons (Fsp3) is 0.923. The van der Waals surface area contributed by atoms with Gasteiger partial charge in [0.15, 0.2) is 0 Å². The van der Waals surface area contributed by atoms with E-state index in [4.69, 9.17) is 4.74 Å². The first kappa shape index (κ1) is 9.68. The van der Waals surface area contributed by atoms with Crippen LogP contribution < -0.4 is 0 Å². The summed E-state index contributed by atoms with van der Waals surface area (Å²) in [6.45, 7) is 0. The van der Waals surface area contributed by atoms with Crippen molar-refractivity contribution in [2.24, 2.45) is 23.2 Å². The van der Waals surface area contributed by atoms with E-state index in [2.05, 4.69) is 0 Å². The van der Waals surface area contributed by atoms with Crippen LogP contribution >= 0.6 is 0 Å². The molecule has 0 aromatic heterocycles. The third kappa shape index (κ3) is 1.20. The topological polar surface area (TPSA) is 26.3 Å². The summed E-state index contributed by atoms with van der Waals surface area (Å²) in [5.41, 5.74) is -0.0567. The monoisotopic (exact) mass is 208 g/mol. The lowest BCUT2D eigenvalue weighted by molar-refractivity contribution is -0.175. The Labute approximate surface area is 91.4 Å². The molecule has 0 spiro atoms. The molecule has 4 bridgehead atoms. The van der Waals surface area contributed by atoms with Gasteiger partial charge in [-0.1, -0.05) is 19.3 Å². The third-order valence-electron chi connectivity index (χ3n) is 5.24. The largest absolute Gasteiger partial charge is 0.469 e. The summed E-state index contributed by atoms with van der Waals surface area (Å²) < 4.78 is 5.08. The maximum atomic E-state index is 12.1. The molecule has 0 saturated heterocycles. The standard InChI is InChI=1S/C13H20O2/c1-15-12(14)13-6-2-3-10-7-9(8-13)4-5-11(10)13/h9-11H,2-8H2,1H3/t9-,10+,11-,13-/m1/s1. The molecule has 2 nitrogen and oxygen atoms in total. The van der Waals surface area contributed by atoms with E-state index >= 15 is 0 Å². The maximum Gasteiger partial charge on any atom is 0.312 e. The SMILES string of the molecule is COC(=O)[C@@]12CCC[C@H]3C[C@@H](CC[C@H]31)C2. The number of methoxy groups -OCH3 is 1.